The molecule has 0 amide bonds. The van der Waals surface area contributed by atoms with E-state index in [1.807, 2.05) is 0 Å². The van der Waals surface area contributed by atoms with Crippen molar-refractivity contribution in [3.05, 3.63) is 11.6 Å². The van der Waals surface area contributed by atoms with Crippen LogP contribution < -0.4 is 0 Å². The van der Waals surface area contributed by atoms with Crippen molar-refractivity contribution in [2.75, 3.05) is 20.0 Å². The largest absolute Gasteiger partial charge is 0.438 e. The van der Waals surface area contributed by atoms with E-state index in [0.29, 0.717) is 30.3 Å². The molecule has 44 heavy (non-hydrogen) atoms. The highest BCUT2D eigenvalue weighted by atomic mass is 16.7. The Kier molecular flexibility index (Phi) is 10.1. The minimum atomic E-state index is -0.449. The predicted octanol–water partition coefficient (Wildman–Crippen LogP) is 8.86. The van der Waals surface area contributed by atoms with Crippen LogP contribution in [-0.2, 0) is 14.3 Å². The molecule has 0 bridgehead atoms. The summed E-state index contributed by atoms with van der Waals surface area (Å²) in [4.78, 5) is 14.2. The van der Waals surface area contributed by atoms with E-state index in [1.165, 1.54) is 32.1 Å². The number of fused-ring (bicyclic) bond motifs is 7. The number of hydrogen-bond donors (Lipinski definition) is 2. The van der Waals surface area contributed by atoms with Gasteiger partial charge in [0.05, 0.1) is 24.7 Å². The van der Waals surface area contributed by atoms with Crippen LogP contribution >= 0.6 is 0 Å². The number of ether oxygens (including phenoxy) is 2. The van der Waals surface area contributed by atoms with Crippen LogP contribution in [-0.4, -0.2) is 42.3 Å². The number of hydrogen-bond acceptors (Lipinski definition) is 5. The number of unbranched alkanes of at least 4 members (excludes halogenated alkanes) is 5. The van der Waals surface area contributed by atoms with Gasteiger partial charge in [0, 0.05) is 5.41 Å². The second-order valence-corrected chi connectivity index (χ2v) is 17.2. The minimum Gasteiger partial charge on any atom is -0.438 e. The first-order valence-electron chi connectivity index (χ1n) is 18.6. The molecule has 4 saturated carbocycles. The molecule has 5 nitrogen and oxygen atoms in total. The average molecular weight is 615 g/mol. The smallest absolute Gasteiger partial charge is 0.314 e. The summed E-state index contributed by atoms with van der Waals surface area (Å²) < 4.78 is 11.9. The number of carbonyl (C=O) groups is 1. The van der Waals surface area contributed by atoms with Gasteiger partial charge in [-0.1, -0.05) is 92.2 Å². The van der Waals surface area contributed by atoms with Crippen LogP contribution in [0.1, 0.15) is 145 Å². The highest BCUT2D eigenvalue weighted by Crippen LogP contribution is 2.75. The van der Waals surface area contributed by atoms with Crippen LogP contribution in [0.2, 0.25) is 0 Å². The summed E-state index contributed by atoms with van der Waals surface area (Å²) in [5.41, 5.74) is 0.904. The third kappa shape index (κ3) is 5.26. The Labute approximate surface area is 269 Å². The third-order valence-electron chi connectivity index (χ3n) is 15.4. The SMILES string of the molecule is CCCCCCCCOCOC(=O)[C@]12CC[C@@H](C)[C@H](C)[C@H]1C1=CC[C@@H]3[C@@]4(C)CC[C@H](O)[C@@](C)(CO)[C@@H]4CC[C@@]3(C)[C@]1(C)CC2. The molecule has 0 aromatic heterocycles. The van der Waals surface area contributed by atoms with Gasteiger partial charge in [-0.15, -0.1) is 0 Å². The molecule has 5 aliphatic rings. The fraction of sp³-hybridized carbons (Fsp3) is 0.923. The molecule has 0 heterocycles. The van der Waals surface area contributed by atoms with Crippen molar-refractivity contribution in [3.8, 4) is 0 Å². The van der Waals surface area contributed by atoms with E-state index in [1.54, 1.807) is 5.57 Å². The summed E-state index contributed by atoms with van der Waals surface area (Å²) in [6.07, 6.45) is 18.4. The van der Waals surface area contributed by atoms with Crippen LogP contribution in [0.4, 0.5) is 0 Å². The molecule has 0 saturated heterocycles. The van der Waals surface area contributed by atoms with Crippen molar-refractivity contribution in [1.82, 2.24) is 0 Å². The van der Waals surface area contributed by atoms with Gasteiger partial charge in [0.15, 0.2) is 6.79 Å². The number of rotatable bonds is 11. The van der Waals surface area contributed by atoms with Gasteiger partial charge in [0.1, 0.15) is 0 Å². The molecule has 5 aliphatic carbocycles. The van der Waals surface area contributed by atoms with E-state index in [4.69, 9.17) is 9.47 Å². The fourth-order valence-corrected chi connectivity index (χ4v) is 12.1. The maximum absolute atomic E-state index is 14.2. The predicted molar refractivity (Wildman–Crippen MR) is 177 cm³/mol. The Balaban J connectivity index is 1.37. The zero-order valence-corrected chi connectivity index (χ0v) is 29.4. The van der Waals surface area contributed by atoms with Crippen LogP contribution in [0.15, 0.2) is 11.6 Å². The maximum atomic E-state index is 14.2. The molecule has 2 N–H and O–H groups in total. The lowest BCUT2D eigenvalue weighted by Gasteiger charge is -2.71. The quantitative estimate of drug-likeness (QED) is 0.105. The molecule has 0 spiro atoms. The van der Waals surface area contributed by atoms with Gasteiger partial charge >= 0.3 is 5.97 Å². The Hall–Kier alpha value is -0.910. The molecule has 5 rings (SSSR count). The third-order valence-corrected chi connectivity index (χ3v) is 15.4. The molecule has 11 atom stereocenters. The van der Waals surface area contributed by atoms with Gasteiger partial charge in [0.25, 0.3) is 0 Å². The van der Waals surface area contributed by atoms with E-state index in [9.17, 15) is 15.0 Å². The number of allylic oxidation sites excluding steroid dienone is 2. The van der Waals surface area contributed by atoms with Crippen LogP contribution in [0.5, 0.6) is 0 Å². The molecule has 4 fully saturated rings. The summed E-state index contributed by atoms with van der Waals surface area (Å²) in [6.45, 7) is 17.6. The number of aliphatic hydroxyl groups is 2. The average Bonchev–Trinajstić information content (AvgIpc) is 3.00. The van der Waals surface area contributed by atoms with Crippen LogP contribution in [0.25, 0.3) is 0 Å². The highest BCUT2D eigenvalue weighted by Gasteiger charge is 2.70. The van der Waals surface area contributed by atoms with Crippen molar-refractivity contribution in [2.24, 2.45) is 56.7 Å². The molecule has 0 aromatic carbocycles. The standard InChI is InChI=1S/C39H66O5/c1-8-9-10-11-12-13-24-43-26-44-34(42)39-21-16-27(2)28(3)33(39)29-14-15-31-35(4)19-18-32(41)36(5,25-40)30(35)17-20-38(31,7)37(29,6)22-23-39/h14,27-28,30-33,40-41H,8-13,15-26H2,1-7H3/t27-,28+,30-,31-,32+,33+,35+,36+,37-,38-,39+/m1/s1. The molecule has 5 heteroatoms. The van der Waals surface area contributed by atoms with Crippen molar-refractivity contribution in [3.63, 3.8) is 0 Å². The summed E-state index contributed by atoms with van der Waals surface area (Å²) >= 11 is 0. The summed E-state index contributed by atoms with van der Waals surface area (Å²) in [7, 11) is 0. The lowest BCUT2D eigenvalue weighted by molar-refractivity contribution is -0.219. The molecule has 0 aromatic rings. The lowest BCUT2D eigenvalue weighted by Crippen LogP contribution is -2.66. The van der Waals surface area contributed by atoms with Crippen molar-refractivity contribution in [2.45, 2.75) is 151 Å². The fourth-order valence-electron chi connectivity index (χ4n) is 12.1. The summed E-state index contributed by atoms with van der Waals surface area (Å²) in [6, 6.07) is 0. The van der Waals surface area contributed by atoms with E-state index in [0.717, 1.165) is 64.2 Å². The Morgan fingerprint density at radius 3 is 2.36 bits per heavy atom. The Morgan fingerprint density at radius 2 is 1.64 bits per heavy atom. The first-order valence-corrected chi connectivity index (χ1v) is 18.6. The second kappa shape index (κ2) is 12.9. The molecule has 0 aliphatic heterocycles. The Morgan fingerprint density at radius 1 is 0.909 bits per heavy atom. The van der Waals surface area contributed by atoms with Crippen molar-refractivity contribution < 1.29 is 24.5 Å². The molecule has 252 valence electrons. The van der Waals surface area contributed by atoms with E-state index < -0.39 is 16.9 Å². The zero-order valence-electron chi connectivity index (χ0n) is 29.4. The maximum Gasteiger partial charge on any atom is 0.314 e. The van der Waals surface area contributed by atoms with Gasteiger partial charge in [-0.3, -0.25) is 4.79 Å². The first-order chi connectivity index (χ1) is 20.9. The van der Waals surface area contributed by atoms with Crippen molar-refractivity contribution in [1.29, 1.82) is 0 Å². The minimum absolute atomic E-state index is 0.0185. The van der Waals surface area contributed by atoms with E-state index in [2.05, 4.69) is 54.5 Å². The van der Waals surface area contributed by atoms with Gasteiger partial charge in [0.2, 0.25) is 0 Å². The van der Waals surface area contributed by atoms with E-state index >= 15 is 0 Å². The first kappa shape index (κ1) is 34.4. The highest BCUT2D eigenvalue weighted by molar-refractivity contribution is 5.78. The zero-order chi connectivity index (χ0) is 32.0. The van der Waals surface area contributed by atoms with Gasteiger partial charge in [-0.05, 0) is 110 Å². The monoisotopic (exact) mass is 614 g/mol. The molecule has 0 unspecified atom stereocenters. The number of esters is 1. The molecule has 0 radical (unpaired) electrons. The van der Waals surface area contributed by atoms with Gasteiger partial charge < -0.3 is 19.7 Å². The summed E-state index contributed by atoms with van der Waals surface area (Å²) in [5, 5.41) is 21.6. The van der Waals surface area contributed by atoms with E-state index in [-0.39, 0.29) is 41.5 Å². The van der Waals surface area contributed by atoms with Crippen molar-refractivity contribution >= 4 is 5.97 Å². The number of aliphatic hydroxyl groups excluding tert-OH is 2. The van der Waals surface area contributed by atoms with Crippen LogP contribution in [0, 0.1) is 56.7 Å². The van der Waals surface area contributed by atoms with Gasteiger partial charge in [-0.25, -0.2) is 0 Å². The van der Waals surface area contributed by atoms with Gasteiger partial charge in [-0.2, -0.15) is 0 Å². The second-order valence-electron chi connectivity index (χ2n) is 17.2. The molecular formula is C39H66O5. The topological polar surface area (TPSA) is 76.0 Å². The Bertz CT molecular complexity index is 1060. The number of carbonyl (C=O) groups excluding carboxylic acids is 1. The summed E-state index contributed by atoms with van der Waals surface area (Å²) in [5.74, 6) is 2.04. The normalized spacial score (nSPS) is 46.6. The van der Waals surface area contributed by atoms with Crippen LogP contribution in [0.3, 0.4) is 0 Å². The molecular weight excluding hydrogens is 548 g/mol. The lowest BCUT2D eigenvalue weighted by atomic mass is 9.33.